The molecule has 2 aromatic carbocycles. The van der Waals surface area contributed by atoms with Crippen LogP contribution < -0.4 is 5.32 Å². The summed E-state index contributed by atoms with van der Waals surface area (Å²) in [4.78, 5) is 24.3. The van der Waals surface area contributed by atoms with Crippen molar-refractivity contribution in [2.75, 3.05) is 5.32 Å². The van der Waals surface area contributed by atoms with Gasteiger partial charge >= 0.3 is 5.97 Å². The molecule has 0 aliphatic rings. The molecule has 0 atom stereocenters. The SMILES string of the molecule is CC(C)OC(=O)c1ccc(NC(=O)c2ccc(SC(F)F)cc2)cc1. The second-order valence-corrected chi connectivity index (χ2v) is 6.45. The largest absolute Gasteiger partial charge is 0.459 e. The number of hydrogen-bond donors (Lipinski definition) is 1. The maximum atomic E-state index is 12.3. The highest BCUT2D eigenvalue weighted by molar-refractivity contribution is 7.99. The summed E-state index contributed by atoms with van der Waals surface area (Å²) in [6.45, 7) is 3.52. The summed E-state index contributed by atoms with van der Waals surface area (Å²) in [7, 11) is 0. The van der Waals surface area contributed by atoms with E-state index in [1.165, 1.54) is 24.3 Å². The van der Waals surface area contributed by atoms with Crippen LogP contribution in [0.2, 0.25) is 0 Å². The first-order chi connectivity index (χ1) is 11.8. The van der Waals surface area contributed by atoms with Crippen LogP contribution in [-0.4, -0.2) is 23.7 Å². The van der Waals surface area contributed by atoms with E-state index in [2.05, 4.69) is 5.32 Å². The van der Waals surface area contributed by atoms with Gasteiger partial charge in [0, 0.05) is 16.1 Å². The van der Waals surface area contributed by atoms with E-state index in [4.69, 9.17) is 4.74 Å². The highest BCUT2D eigenvalue weighted by Gasteiger charge is 2.11. The minimum atomic E-state index is -2.50. The number of anilines is 1. The molecule has 0 aromatic heterocycles. The highest BCUT2D eigenvalue weighted by atomic mass is 32.2. The number of amides is 1. The fourth-order valence-corrected chi connectivity index (χ4v) is 2.46. The molecule has 0 aliphatic carbocycles. The summed E-state index contributed by atoms with van der Waals surface area (Å²) in [5.74, 6) is -3.30. The van der Waals surface area contributed by atoms with Crippen molar-refractivity contribution < 1.29 is 23.1 Å². The van der Waals surface area contributed by atoms with Gasteiger partial charge < -0.3 is 10.1 Å². The van der Waals surface area contributed by atoms with Gasteiger partial charge in [0.15, 0.2) is 0 Å². The predicted molar refractivity (Wildman–Crippen MR) is 93.2 cm³/mol. The summed E-state index contributed by atoms with van der Waals surface area (Å²) in [5, 5.41) is 2.68. The molecule has 0 radical (unpaired) electrons. The molecule has 2 rings (SSSR count). The van der Waals surface area contributed by atoms with E-state index >= 15 is 0 Å². The third-order valence-electron chi connectivity index (χ3n) is 3.06. The molecule has 132 valence electrons. The number of halogens is 2. The fraction of sp³-hybridized carbons (Fsp3) is 0.222. The van der Waals surface area contributed by atoms with Crippen LogP contribution in [0.25, 0.3) is 0 Å². The highest BCUT2D eigenvalue weighted by Crippen LogP contribution is 2.25. The minimum absolute atomic E-state index is 0.210. The lowest BCUT2D eigenvalue weighted by Crippen LogP contribution is -2.13. The zero-order valence-corrected chi connectivity index (χ0v) is 14.5. The Labute approximate surface area is 148 Å². The number of nitrogens with one attached hydrogen (secondary N) is 1. The van der Waals surface area contributed by atoms with Crippen LogP contribution in [0.15, 0.2) is 53.4 Å². The first-order valence-electron chi connectivity index (χ1n) is 7.52. The lowest BCUT2D eigenvalue weighted by molar-refractivity contribution is 0.0378. The summed E-state index contributed by atoms with van der Waals surface area (Å²) < 4.78 is 29.6. The molecule has 0 spiro atoms. The van der Waals surface area contributed by atoms with Gasteiger partial charge in [-0.15, -0.1) is 0 Å². The molecule has 0 unspecified atom stereocenters. The number of carbonyl (C=O) groups is 2. The van der Waals surface area contributed by atoms with E-state index in [0.717, 1.165) is 0 Å². The molecule has 0 heterocycles. The first-order valence-corrected chi connectivity index (χ1v) is 8.40. The molecule has 0 fully saturated rings. The maximum Gasteiger partial charge on any atom is 0.338 e. The van der Waals surface area contributed by atoms with Gasteiger partial charge in [-0.2, -0.15) is 8.78 Å². The molecule has 1 N–H and O–H groups in total. The van der Waals surface area contributed by atoms with E-state index in [9.17, 15) is 18.4 Å². The number of benzene rings is 2. The van der Waals surface area contributed by atoms with Crippen molar-refractivity contribution in [1.29, 1.82) is 0 Å². The van der Waals surface area contributed by atoms with Gasteiger partial charge in [-0.25, -0.2) is 4.79 Å². The lowest BCUT2D eigenvalue weighted by atomic mass is 10.2. The monoisotopic (exact) mass is 365 g/mol. The fourth-order valence-electron chi connectivity index (χ4n) is 1.96. The summed E-state index contributed by atoms with van der Waals surface area (Å²) in [6.07, 6.45) is -0.210. The van der Waals surface area contributed by atoms with Crippen LogP contribution in [-0.2, 0) is 4.74 Å². The number of thioether (sulfide) groups is 1. The minimum Gasteiger partial charge on any atom is -0.459 e. The van der Waals surface area contributed by atoms with E-state index in [1.807, 2.05) is 0 Å². The topological polar surface area (TPSA) is 55.4 Å². The van der Waals surface area contributed by atoms with Crippen LogP contribution in [0.1, 0.15) is 34.6 Å². The Bertz CT molecular complexity index is 731. The lowest BCUT2D eigenvalue weighted by Gasteiger charge is -2.09. The zero-order valence-electron chi connectivity index (χ0n) is 13.7. The number of rotatable bonds is 6. The van der Waals surface area contributed by atoms with Crippen molar-refractivity contribution in [1.82, 2.24) is 0 Å². The van der Waals surface area contributed by atoms with Crippen LogP contribution in [0, 0.1) is 0 Å². The van der Waals surface area contributed by atoms with Crippen molar-refractivity contribution >= 4 is 29.3 Å². The third kappa shape index (κ3) is 5.86. The molecule has 1 amide bonds. The molecular weight excluding hydrogens is 348 g/mol. The Kier molecular flexibility index (Phi) is 6.52. The molecule has 0 saturated carbocycles. The molecule has 0 saturated heterocycles. The summed E-state index contributed by atoms with van der Waals surface area (Å²) >= 11 is 0.422. The molecule has 7 heteroatoms. The Balaban J connectivity index is 1.99. The molecule has 4 nitrogen and oxygen atoms in total. The van der Waals surface area contributed by atoms with Crippen LogP contribution >= 0.6 is 11.8 Å². The number of carbonyl (C=O) groups excluding carboxylic acids is 2. The summed E-state index contributed by atoms with van der Waals surface area (Å²) in [6, 6.07) is 12.2. The summed E-state index contributed by atoms with van der Waals surface area (Å²) in [5.41, 5.74) is 1.25. The van der Waals surface area contributed by atoms with Gasteiger partial charge in [0.05, 0.1) is 11.7 Å². The quantitative estimate of drug-likeness (QED) is 0.589. The number of hydrogen-bond acceptors (Lipinski definition) is 4. The molecule has 25 heavy (non-hydrogen) atoms. The smallest absolute Gasteiger partial charge is 0.338 e. The van der Waals surface area contributed by atoms with E-state index < -0.39 is 11.7 Å². The van der Waals surface area contributed by atoms with Crippen molar-refractivity contribution in [2.24, 2.45) is 0 Å². The van der Waals surface area contributed by atoms with Crippen LogP contribution in [0.5, 0.6) is 0 Å². The number of alkyl halides is 2. The van der Waals surface area contributed by atoms with Crippen LogP contribution in [0.4, 0.5) is 14.5 Å². The van der Waals surface area contributed by atoms with Gasteiger partial charge in [-0.1, -0.05) is 11.8 Å². The van der Waals surface area contributed by atoms with Crippen LogP contribution in [0.3, 0.4) is 0 Å². The van der Waals surface area contributed by atoms with Crippen molar-refractivity contribution in [2.45, 2.75) is 30.6 Å². The molecule has 2 aromatic rings. The second-order valence-electron chi connectivity index (χ2n) is 5.39. The second kappa shape index (κ2) is 8.62. The average molecular weight is 365 g/mol. The van der Waals surface area contributed by atoms with Gasteiger partial charge in [0.25, 0.3) is 11.7 Å². The van der Waals surface area contributed by atoms with Gasteiger partial charge in [-0.05, 0) is 62.4 Å². The number of esters is 1. The van der Waals surface area contributed by atoms with E-state index in [-0.39, 0.29) is 12.0 Å². The van der Waals surface area contributed by atoms with Gasteiger partial charge in [0.1, 0.15) is 0 Å². The Hall–Kier alpha value is -2.41. The number of ether oxygens (including phenoxy) is 1. The van der Waals surface area contributed by atoms with Crippen molar-refractivity contribution in [3.63, 3.8) is 0 Å². The van der Waals surface area contributed by atoms with Crippen molar-refractivity contribution in [3.8, 4) is 0 Å². The normalized spacial score (nSPS) is 10.8. The zero-order chi connectivity index (χ0) is 18.4. The maximum absolute atomic E-state index is 12.3. The first kappa shape index (κ1) is 18.9. The molecular formula is C18H17F2NO3S. The standard InChI is InChI=1S/C18H17F2NO3S/c1-11(2)24-17(23)13-3-7-14(8-4-13)21-16(22)12-5-9-15(10-6-12)25-18(19)20/h3-11,18H,1-2H3,(H,21,22). The Morgan fingerprint density at radius 2 is 1.52 bits per heavy atom. The molecule has 0 aliphatic heterocycles. The average Bonchev–Trinajstić information content (AvgIpc) is 2.55. The van der Waals surface area contributed by atoms with Gasteiger partial charge in [0.2, 0.25) is 0 Å². The molecule has 0 bridgehead atoms. The van der Waals surface area contributed by atoms with Crippen molar-refractivity contribution in [3.05, 3.63) is 59.7 Å². The van der Waals surface area contributed by atoms with E-state index in [0.29, 0.717) is 33.5 Å². The third-order valence-corrected chi connectivity index (χ3v) is 3.79. The van der Waals surface area contributed by atoms with Gasteiger partial charge in [-0.3, -0.25) is 4.79 Å². The predicted octanol–water partition coefficient (Wildman–Crippen LogP) is 4.82. The Morgan fingerprint density at radius 3 is 2.04 bits per heavy atom. The Morgan fingerprint density at radius 1 is 0.960 bits per heavy atom. The van der Waals surface area contributed by atoms with E-state index in [1.54, 1.807) is 38.1 Å².